The molecule has 2 N–H and O–H groups in total. The fourth-order valence-electron chi connectivity index (χ4n) is 5.00. The number of hydrogen-bond donors (Lipinski definition) is 2. The van der Waals surface area contributed by atoms with Gasteiger partial charge in [-0.15, -0.1) is 0 Å². The third-order valence-corrected chi connectivity index (χ3v) is 7.33. The molecule has 0 aromatic heterocycles. The molecule has 234 valence electrons. The van der Waals surface area contributed by atoms with Gasteiger partial charge in [-0.25, -0.2) is 19.2 Å². The highest BCUT2D eigenvalue weighted by molar-refractivity contribution is 6.30. The summed E-state index contributed by atoms with van der Waals surface area (Å²) in [6.07, 6.45) is -4.32. The molecule has 44 heavy (non-hydrogen) atoms. The van der Waals surface area contributed by atoms with Gasteiger partial charge in [0.15, 0.2) is 0 Å². The maximum atomic E-state index is 12.0. The summed E-state index contributed by atoms with van der Waals surface area (Å²) in [5.74, 6) is -5.63. The van der Waals surface area contributed by atoms with Crippen molar-refractivity contribution in [1.82, 2.24) is 4.90 Å². The number of carbonyl (C=O) groups is 4. The molecular weight excluding hydrogens is 590 g/mol. The van der Waals surface area contributed by atoms with Gasteiger partial charge < -0.3 is 24.4 Å². The summed E-state index contributed by atoms with van der Waals surface area (Å²) in [4.78, 5) is 49.3. The van der Waals surface area contributed by atoms with E-state index in [0.717, 1.165) is 18.2 Å². The molecule has 0 aliphatic carbocycles. The fraction of sp³-hybridized carbons (Fsp3) is 0.333. The second-order valence-electron chi connectivity index (χ2n) is 10.7. The summed E-state index contributed by atoms with van der Waals surface area (Å²) < 4.78 is 15.6. The summed E-state index contributed by atoms with van der Waals surface area (Å²) in [5.41, 5.74) is 1.32. The van der Waals surface area contributed by atoms with E-state index in [9.17, 15) is 29.4 Å². The molecular formula is C33H36ClNO9. The zero-order chi connectivity index (χ0) is 32.4. The first-order chi connectivity index (χ1) is 20.9. The zero-order valence-corrected chi connectivity index (χ0v) is 25.6. The molecule has 3 aromatic carbocycles. The van der Waals surface area contributed by atoms with Crippen LogP contribution in [0, 0.1) is 0 Å². The lowest BCUT2D eigenvalue weighted by molar-refractivity contribution is -0.166. The number of esters is 2. The molecule has 1 fully saturated rings. The SMILES string of the molecule is CCN1[C@@H](C)[C@H](c2cccc(Cl)c2)OCC1(C)C.O=C(O[C@@H](C(=O)O)[C@@H](OC(=O)c1ccccc1)C(=O)O)c1ccccc1. The lowest BCUT2D eigenvalue weighted by Gasteiger charge is -2.49. The minimum Gasteiger partial charge on any atom is -0.478 e. The van der Waals surface area contributed by atoms with Gasteiger partial charge in [-0.05, 0) is 69.3 Å². The number of nitrogens with zero attached hydrogens (tertiary/aromatic N) is 1. The number of aliphatic carboxylic acids is 2. The monoisotopic (exact) mass is 625 g/mol. The van der Waals surface area contributed by atoms with Gasteiger partial charge in [0.1, 0.15) is 0 Å². The predicted octanol–water partition coefficient (Wildman–Crippen LogP) is 5.51. The summed E-state index contributed by atoms with van der Waals surface area (Å²) in [5, 5.41) is 19.3. The van der Waals surface area contributed by atoms with Crippen LogP contribution in [-0.2, 0) is 23.8 Å². The van der Waals surface area contributed by atoms with Gasteiger partial charge >= 0.3 is 23.9 Å². The number of ether oxygens (including phenoxy) is 3. The average molecular weight is 626 g/mol. The third kappa shape index (κ3) is 8.89. The molecule has 11 heteroatoms. The van der Waals surface area contributed by atoms with Crippen LogP contribution in [0.2, 0.25) is 5.02 Å². The molecule has 3 aromatic rings. The van der Waals surface area contributed by atoms with Crippen LogP contribution >= 0.6 is 11.6 Å². The Labute approximate surface area is 261 Å². The Morgan fingerprint density at radius 3 is 1.75 bits per heavy atom. The van der Waals surface area contributed by atoms with E-state index in [1.807, 2.05) is 18.2 Å². The number of carbonyl (C=O) groups excluding carboxylic acids is 2. The smallest absolute Gasteiger partial charge is 0.349 e. The number of carboxylic acid groups (broad SMARTS) is 2. The lowest BCUT2D eigenvalue weighted by Crippen LogP contribution is -2.58. The van der Waals surface area contributed by atoms with Crippen molar-refractivity contribution >= 4 is 35.5 Å². The highest BCUT2D eigenvalue weighted by Gasteiger charge is 2.41. The molecule has 0 saturated carbocycles. The number of morpholine rings is 1. The topological polar surface area (TPSA) is 140 Å². The van der Waals surface area contributed by atoms with Crippen LogP contribution in [0.15, 0.2) is 84.9 Å². The van der Waals surface area contributed by atoms with E-state index >= 15 is 0 Å². The van der Waals surface area contributed by atoms with Gasteiger partial charge in [0.25, 0.3) is 0 Å². The number of benzene rings is 3. The molecule has 1 saturated heterocycles. The summed E-state index contributed by atoms with van der Waals surface area (Å²) >= 11 is 6.07. The zero-order valence-electron chi connectivity index (χ0n) is 24.9. The second-order valence-corrected chi connectivity index (χ2v) is 11.1. The molecule has 0 amide bonds. The first-order valence-corrected chi connectivity index (χ1v) is 14.3. The second kappa shape index (κ2) is 15.5. The van der Waals surface area contributed by atoms with Crippen molar-refractivity contribution in [3.05, 3.63) is 107 Å². The Hall–Kier alpha value is -4.25. The average Bonchev–Trinajstić information content (AvgIpc) is 2.99. The normalized spacial score (nSPS) is 18.9. The number of halogens is 1. The van der Waals surface area contributed by atoms with Crippen molar-refractivity contribution in [2.45, 2.75) is 57.6 Å². The van der Waals surface area contributed by atoms with Crippen molar-refractivity contribution in [3.8, 4) is 0 Å². The minimum absolute atomic E-state index is 0.0253. The molecule has 0 unspecified atom stereocenters. The molecule has 1 aliphatic rings. The van der Waals surface area contributed by atoms with Crippen molar-refractivity contribution in [2.75, 3.05) is 13.2 Å². The quantitative estimate of drug-likeness (QED) is 0.293. The molecule has 4 rings (SSSR count). The molecule has 10 nitrogen and oxygen atoms in total. The van der Waals surface area contributed by atoms with E-state index in [4.69, 9.17) is 25.8 Å². The van der Waals surface area contributed by atoms with E-state index in [-0.39, 0.29) is 22.8 Å². The Balaban J connectivity index is 0.000000257. The van der Waals surface area contributed by atoms with Gasteiger partial charge in [0.05, 0.1) is 23.8 Å². The third-order valence-electron chi connectivity index (χ3n) is 7.09. The van der Waals surface area contributed by atoms with Crippen LogP contribution in [0.4, 0.5) is 0 Å². The molecule has 0 spiro atoms. The van der Waals surface area contributed by atoms with Crippen LogP contribution in [0.1, 0.15) is 60.1 Å². The maximum absolute atomic E-state index is 12.0. The van der Waals surface area contributed by atoms with Gasteiger partial charge in [-0.3, -0.25) is 4.90 Å². The maximum Gasteiger partial charge on any atom is 0.349 e. The van der Waals surface area contributed by atoms with Gasteiger partial charge in [-0.1, -0.05) is 67.1 Å². The van der Waals surface area contributed by atoms with Crippen molar-refractivity contribution in [3.63, 3.8) is 0 Å². The van der Waals surface area contributed by atoms with Crippen molar-refractivity contribution < 1.29 is 43.6 Å². The van der Waals surface area contributed by atoms with Crippen LogP contribution in [0.25, 0.3) is 0 Å². The summed E-state index contributed by atoms with van der Waals surface area (Å²) in [6, 6.07) is 23.2. The van der Waals surface area contributed by atoms with Gasteiger partial charge in [0.2, 0.25) is 12.2 Å². The van der Waals surface area contributed by atoms with E-state index in [1.165, 1.54) is 54.1 Å². The Morgan fingerprint density at radius 1 is 0.864 bits per heavy atom. The lowest BCUT2D eigenvalue weighted by atomic mass is 9.92. The van der Waals surface area contributed by atoms with E-state index in [1.54, 1.807) is 12.1 Å². The van der Waals surface area contributed by atoms with Crippen LogP contribution in [0.5, 0.6) is 0 Å². The molecule has 0 radical (unpaired) electrons. The Bertz CT molecular complexity index is 1360. The number of likely N-dealkylation sites (N-methyl/N-ethyl adjacent to an activating group) is 1. The summed E-state index contributed by atoms with van der Waals surface area (Å²) in [6.45, 7) is 10.7. The summed E-state index contributed by atoms with van der Waals surface area (Å²) in [7, 11) is 0. The van der Waals surface area contributed by atoms with Gasteiger partial charge in [0, 0.05) is 16.6 Å². The number of carboxylic acids is 2. The van der Waals surface area contributed by atoms with Crippen molar-refractivity contribution in [1.29, 1.82) is 0 Å². The first kappa shape index (κ1) is 34.2. The number of hydrogen-bond acceptors (Lipinski definition) is 8. The van der Waals surface area contributed by atoms with Crippen molar-refractivity contribution in [2.24, 2.45) is 0 Å². The minimum atomic E-state index is -2.21. The predicted molar refractivity (Wildman–Crippen MR) is 163 cm³/mol. The van der Waals surface area contributed by atoms with Gasteiger partial charge in [-0.2, -0.15) is 0 Å². The van der Waals surface area contributed by atoms with E-state index in [0.29, 0.717) is 6.04 Å². The number of rotatable bonds is 9. The molecule has 4 atom stereocenters. The molecule has 1 aliphatic heterocycles. The van der Waals surface area contributed by atoms with E-state index < -0.39 is 36.1 Å². The van der Waals surface area contributed by atoms with E-state index in [2.05, 4.69) is 38.7 Å². The molecule has 1 heterocycles. The van der Waals surface area contributed by atoms with Crippen LogP contribution in [0.3, 0.4) is 0 Å². The fourth-order valence-corrected chi connectivity index (χ4v) is 5.20. The Kier molecular flexibility index (Phi) is 12.0. The first-order valence-electron chi connectivity index (χ1n) is 14.0. The van der Waals surface area contributed by atoms with Crippen LogP contribution in [-0.4, -0.2) is 75.9 Å². The largest absolute Gasteiger partial charge is 0.478 e. The molecule has 0 bridgehead atoms. The highest BCUT2D eigenvalue weighted by atomic mass is 35.5. The Morgan fingerprint density at radius 2 is 1.34 bits per heavy atom. The van der Waals surface area contributed by atoms with Crippen LogP contribution < -0.4 is 0 Å². The standard InChI is InChI=1S/C18H14O8.C15H22ClNO/c19-15(20)13(25-17(23)11-7-3-1-4-8-11)14(16(21)22)26-18(24)12-9-5-2-6-10-12;1-5-17-11(2)14(18-10-15(17,3)4)12-7-6-8-13(16)9-12/h1-10,13-14H,(H,19,20)(H,21,22);6-9,11,14H,5,10H2,1-4H3/t13-,14-;11-,14+/m10/s1. The highest BCUT2D eigenvalue weighted by Crippen LogP contribution is 2.35.